The molecule has 0 saturated heterocycles. The molecule has 0 N–H and O–H groups in total. The van der Waals surface area contributed by atoms with E-state index in [1.165, 1.54) is 0 Å². The Bertz CT molecular complexity index is 1300. The first-order chi connectivity index (χ1) is 15.6. The molecule has 32 heavy (non-hydrogen) atoms. The van der Waals surface area contributed by atoms with E-state index in [4.69, 9.17) is 4.99 Å². The van der Waals surface area contributed by atoms with E-state index in [0.29, 0.717) is 0 Å². The van der Waals surface area contributed by atoms with E-state index in [1.54, 1.807) is 0 Å². The van der Waals surface area contributed by atoms with E-state index in [2.05, 4.69) is 25.1 Å². The van der Waals surface area contributed by atoms with Crippen LogP contribution in [0.1, 0.15) is 23.6 Å². The Hall–Kier alpha value is -3.50. The third-order valence-electron chi connectivity index (χ3n) is 5.97. The fourth-order valence-corrected chi connectivity index (χ4v) is 5.72. The molecule has 2 unspecified atom stereocenters. The number of aliphatic imine (C=N–C) groups is 1. The Morgan fingerprint density at radius 2 is 1.34 bits per heavy atom. The maximum atomic E-state index is 14.1. The number of fused-ring (bicyclic) bond motifs is 1. The molecule has 2 atom stereocenters. The number of anilines is 1. The maximum absolute atomic E-state index is 14.1. The van der Waals surface area contributed by atoms with E-state index in [0.717, 1.165) is 38.7 Å². The lowest BCUT2D eigenvalue weighted by Crippen LogP contribution is -2.46. The number of benzene rings is 4. The quantitative estimate of drug-likeness (QED) is 0.356. The van der Waals surface area contributed by atoms with Crippen LogP contribution in [0, 0.1) is 6.92 Å². The monoisotopic (exact) mass is 436 g/mol. The molecule has 0 saturated carbocycles. The third-order valence-corrected chi connectivity index (χ3v) is 7.54. The van der Waals surface area contributed by atoms with Gasteiger partial charge in [-0.1, -0.05) is 84.4 Å². The van der Waals surface area contributed by atoms with Crippen LogP contribution < -0.4 is 4.31 Å². The van der Waals surface area contributed by atoms with E-state index in [9.17, 15) is 4.21 Å². The Kier molecular flexibility index (Phi) is 5.24. The minimum Gasteiger partial charge on any atom is -0.271 e. The molecule has 4 heteroatoms. The lowest BCUT2D eigenvalue weighted by atomic mass is 9.87. The van der Waals surface area contributed by atoms with Gasteiger partial charge in [-0.2, -0.15) is 0 Å². The number of rotatable bonds is 4. The lowest BCUT2D eigenvalue weighted by Gasteiger charge is -2.36. The van der Waals surface area contributed by atoms with Crippen molar-refractivity contribution in [3.63, 3.8) is 0 Å². The van der Waals surface area contributed by atoms with Gasteiger partial charge in [0.2, 0.25) is 0 Å². The zero-order valence-corrected chi connectivity index (χ0v) is 18.9. The van der Waals surface area contributed by atoms with Gasteiger partial charge < -0.3 is 0 Å². The summed E-state index contributed by atoms with van der Waals surface area (Å²) < 4.78 is 16.1. The van der Waals surface area contributed by atoms with Crippen LogP contribution in [0.4, 0.5) is 11.4 Å². The van der Waals surface area contributed by atoms with Gasteiger partial charge in [0.05, 0.1) is 22.0 Å². The first-order valence-electron chi connectivity index (χ1n) is 10.7. The molecule has 158 valence electrons. The van der Waals surface area contributed by atoms with E-state index in [-0.39, 0.29) is 0 Å². The highest BCUT2D eigenvalue weighted by Gasteiger charge is 2.50. The van der Waals surface area contributed by atoms with Crippen molar-refractivity contribution in [2.75, 3.05) is 4.31 Å². The highest BCUT2D eigenvalue weighted by atomic mass is 32.2. The van der Waals surface area contributed by atoms with Gasteiger partial charge >= 0.3 is 0 Å². The first kappa shape index (κ1) is 20.4. The van der Waals surface area contributed by atoms with Crippen LogP contribution >= 0.6 is 0 Å². The summed E-state index contributed by atoms with van der Waals surface area (Å²) in [6.07, 6.45) is 0. The molecule has 1 heterocycles. The van der Waals surface area contributed by atoms with Crippen LogP contribution in [-0.4, -0.2) is 9.92 Å². The summed E-state index contributed by atoms with van der Waals surface area (Å²) in [4.78, 5) is 5.88. The molecule has 0 aromatic heterocycles. The summed E-state index contributed by atoms with van der Waals surface area (Å²) >= 11 is 0. The number of aryl methyl sites for hydroxylation is 1. The molecule has 4 aromatic carbocycles. The Balaban J connectivity index is 1.77. The normalized spacial score (nSPS) is 19.7. The molecular weight excluding hydrogens is 412 g/mol. The third kappa shape index (κ3) is 3.37. The predicted octanol–water partition coefficient (Wildman–Crippen LogP) is 6.57. The van der Waals surface area contributed by atoms with Crippen LogP contribution in [0.5, 0.6) is 0 Å². The van der Waals surface area contributed by atoms with Crippen molar-refractivity contribution in [1.82, 2.24) is 0 Å². The van der Waals surface area contributed by atoms with Crippen LogP contribution in [0.15, 0.2) is 119 Å². The second kappa shape index (κ2) is 8.21. The van der Waals surface area contributed by atoms with Gasteiger partial charge in [0, 0.05) is 5.56 Å². The molecule has 4 aromatic rings. The Morgan fingerprint density at radius 1 is 0.750 bits per heavy atom. The van der Waals surface area contributed by atoms with Crippen LogP contribution in [-0.2, 0) is 16.5 Å². The summed E-state index contributed by atoms with van der Waals surface area (Å²) in [5.74, 6) is 0. The van der Waals surface area contributed by atoms with Crippen LogP contribution in [0.2, 0.25) is 0 Å². The van der Waals surface area contributed by atoms with E-state index < -0.39 is 16.5 Å². The fourth-order valence-electron chi connectivity index (χ4n) is 4.28. The van der Waals surface area contributed by atoms with Gasteiger partial charge in [0.1, 0.15) is 5.54 Å². The number of hydrogen-bond donors (Lipinski definition) is 0. The van der Waals surface area contributed by atoms with Crippen LogP contribution in [0.3, 0.4) is 0 Å². The highest BCUT2D eigenvalue weighted by molar-refractivity contribution is 7.86. The van der Waals surface area contributed by atoms with Gasteiger partial charge in [-0.05, 0) is 49.7 Å². The number of hydrogen-bond acceptors (Lipinski definition) is 2. The molecule has 0 radical (unpaired) electrons. The van der Waals surface area contributed by atoms with Gasteiger partial charge in [-0.25, -0.2) is 9.20 Å². The summed E-state index contributed by atoms with van der Waals surface area (Å²) in [7, 11) is -1.42. The molecule has 0 bridgehead atoms. The average Bonchev–Trinajstić information content (AvgIpc) is 3.09. The fraction of sp³-hybridized carbons (Fsp3) is 0.107. The summed E-state index contributed by atoms with van der Waals surface area (Å²) in [6, 6.07) is 36.2. The van der Waals surface area contributed by atoms with Gasteiger partial charge in [-0.3, -0.25) is 4.31 Å². The maximum Gasteiger partial charge on any atom is 0.154 e. The van der Waals surface area contributed by atoms with Crippen molar-refractivity contribution in [1.29, 1.82) is 0 Å². The Morgan fingerprint density at radius 3 is 2.03 bits per heavy atom. The highest BCUT2D eigenvalue weighted by Crippen LogP contribution is 2.48. The predicted molar refractivity (Wildman–Crippen MR) is 133 cm³/mol. The van der Waals surface area contributed by atoms with Crippen molar-refractivity contribution in [2.24, 2.45) is 4.99 Å². The molecular formula is C28H24N2OS. The molecule has 0 aliphatic carbocycles. The molecule has 1 aliphatic rings. The lowest BCUT2D eigenvalue weighted by molar-refractivity contribution is 0.646. The molecule has 0 fully saturated rings. The van der Waals surface area contributed by atoms with Crippen molar-refractivity contribution in [3.8, 4) is 0 Å². The van der Waals surface area contributed by atoms with Crippen molar-refractivity contribution >= 4 is 28.1 Å². The van der Waals surface area contributed by atoms with Crippen molar-refractivity contribution in [3.05, 3.63) is 126 Å². The van der Waals surface area contributed by atoms with Gasteiger partial charge in [0.25, 0.3) is 0 Å². The second-order valence-corrected chi connectivity index (χ2v) is 9.44. The first-order valence-corrected chi connectivity index (χ1v) is 11.8. The molecule has 0 spiro atoms. The van der Waals surface area contributed by atoms with Crippen molar-refractivity contribution in [2.45, 2.75) is 24.3 Å². The SMILES string of the molecule is Cc1ccc(S(=O)N2c3ccccc3C(=Nc3ccccc3)C2(C)c2ccccc2)cc1. The minimum absolute atomic E-state index is 0.712. The summed E-state index contributed by atoms with van der Waals surface area (Å²) in [6.45, 7) is 4.16. The topological polar surface area (TPSA) is 32.7 Å². The molecule has 5 rings (SSSR count). The molecule has 1 aliphatic heterocycles. The number of nitrogens with zero attached hydrogens (tertiary/aromatic N) is 2. The van der Waals surface area contributed by atoms with E-state index >= 15 is 0 Å². The van der Waals surface area contributed by atoms with E-state index in [1.807, 2.05) is 102 Å². The molecule has 3 nitrogen and oxygen atoms in total. The largest absolute Gasteiger partial charge is 0.271 e. The van der Waals surface area contributed by atoms with Gasteiger partial charge in [0.15, 0.2) is 11.0 Å². The zero-order valence-electron chi connectivity index (χ0n) is 18.1. The average molecular weight is 437 g/mol. The summed E-state index contributed by atoms with van der Waals surface area (Å²) in [5.41, 5.74) is 5.18. The van der Waals surface area contributed by atoms with Gasteiger partial charge in [-0.15, -0.1) is 0 Å². The minimum atomic E-state index is -1.42. The van der Waals surface area contributed by atoms with Crippen molar-refractivity contribution < 1.29 is 4.21 Å². The zero-order chi connectivity index (χ0) is 22.1. The summed E-state index contributed by atoms with van der Waals surface area (Å²) in [5, 5.41) is 0. The number of para-hydroxylation sites is 2. The van der Waals surface area contributed by atoms with Crippen LogP contribution in [0.25, 0.3) is 0 Å². The Labute approximate surface area is 191 Å². The molecule has 0 amide bonds. The smallest absolute Gasteiger partial charge is 0.154 e. The standard InChI is InChI=1S/C28H24N2OS/c1-21-17-19-24(20-18-21)32(31)30-26-16-10-9-15-25(26)27(29-23-13-7-4-8-14-23)28(30,2)22-11-5-3-6-12-22/h3-20H,1-2H3. The second-order valence-electron chi connectivity index (χ2n) is 8.11.